The molecule has 0 aliphatic carbocycles. The van der Waals surface area contributed by atoms with Crippen LogP contribution in [0.3, 0.4) is 0 Å². The van der Waals surface area contributed by atoms with E-state index in [2.05, 4.69) is 35.2 Å². The Kier molecular flexibility index (Phi) is 7.14. The molecule has 1 radical (unpaired) electrons. The van der Waals surface area contributed by atoms with Crippen molar-refractivity contribution in [2.75, 3.05) is 52.5 Å². The smallest absolute Gasteiger partial charge is 0.0593 e. The van der Waals surface area contributed by atoms with Crippen LogP contribution >= 0.6 is 11.9 Å². The van der Waals surface area contributed by atoms with Crippen LogP contribution in [-0.4, -0.2) is 67.0 Å². The molecule has 0 bridgehead atoms. The van der Waals surface area contributed by atoms with E-state index in [-0.39, 0.29) is 4.75 Å². The van der Waals surface area contributed by atoms with E-state index in [1.54, 1.807) is 0 Å². The third kappa shape index (κ3) is 6.13. The molecule has 1 saturated heterocycles. The maximum Gasteiger partial charge on any atom is 0.0593 e. The number of hydrogen-bond acceptors (Lipinski definition) is 6. The molecule has 1 fully saturated rings. The number of nitrogens with zero attached hydrogens (tertiary/aromatic N) is 3. The summed E-state index contributed by atoms with van der Waals surface area (Å²) in [4.78, 5) is 15.1. The second kappa shape index (κ2) is 8.09. The highest BCUT2D eigenvalue weighted by Crippen LogP contribution is 2.26. The first-order valence-corrected chi connectivity index (χ1v) is 7.17. The SMILES string of the molecule is [CH2]COCCN1CCN(CC(C)(C)SN=O)CC1. The van der Waals surface area contributed by atoms with Crippen LogP contribution in [0.1, 0.15) is 13.8 Å². The van der Waals surface area contributed by atoms with Crippen molar-refractivity contribution in [2.45, 2.75) is 18.6 Å². The van der Waals surface area contributed by atoms with Gasteiger partial charge < -0.3 is 4.74 Å². The molecule has 0 amide bonds. The molecule has 0 aromatic rings. The first-order valence-electron chi connectivity index (χ1n) is 6.40. The largest absolute Gasteiger partial charge is 0.380 e. The summed E-state index contributed by atoms with van der Waals surface area (Å²) >= 11 is 1.13. The summed E-state index contributed by atoms with van der Waals surface area (Å²) < 4.78 is 8.11. The minimum absolute atomic E-state index is 0.0963. The average Bonchev–Trinajstić information content (AvgIpc) is 2.31. The number of ether oxygens (including phenoxy) is 1. The molecule has 1 aliphatic heterocycles. The molecule has 5 nitrogen and oxygen atoms in total. The van der Waals surface area contributed by atoms with E-state index >= 15 is 0 Å². The molecule has 1 heterocycles. The van der Waals surface area contributed by atoms with Crippen LogP contribution in [0.15, 0.2) is 4.58 Å². The van der Waals surface area contributed by atoms with Crippen molar-refractivity contribution in [1.82, 2.24) is 9.80 Å². The molecule has 6 heteroatoms. The monoisotopic (exact) mass is 274 g/mol. The van der Waals surface area contributed by atoms with Gasteiger partial charge in [-0.15, -0.1) is 4.91 Å². The summed E-state index contributed by atoms with van der Waals surface area (Å²) in [7, 11) is 0. The first kappa shape index (κ1) is 15.9. The topological polar surface area (TPSA) is 45.1 Å². The average molecular weight is 274 g/mol. The molecule has 0 atom stereocenters. The normalized spacial score (nSPS) is 19.1. The van der Waals surface area contributed by atoms with E-state index < -0.39 is 0 Å². The van der Waals surface area contributed by atoms with Crippen molar-refractivity contribution in [2.24, 2.45) is 4.58 Å². The fourth-order valence-corrected chi connectivity index (χ4v) is 2.58. The van der Waals surface area contributed by atoms with Gasteiger partial charge in [-0.1, -0.05) is 0 Å². The molecule has 18 heavy (non-hydrogen) atoms. The third-order valence-electron chi connectivity index (χ3n) is 3.05. The fraction of sp³-hybridized carbons (Fsp3) is 0.917. The van der Waals surface area contributed by atoms with Crippen molar-refractivity contribution < 1.29 is 4.74 Å². The number of hydrogen-bond donors (Lipinski definition) is 0. The van der Waals surface area contributed by atoms with Gasteiger partial charge >= 0.3 is 0 Å². The molecular formula is C12H24N3O2S. The molecule has 1 rings (SSSR count). The van der Waals surface area contributed by atoms with Crippen molar-refractivity contribution in [3.63, 3.8) is 0 Å². The van der Waals surface area contributed by atoms with Crippen LogP contribution in [0.5, 0.6) is 0 Å². The Labute approximate surface area is 114 Å². The minimum atomic E-state index is -0.0963. The summed E-state index contributed by atoms with van der Waals surface area (Å²) in [5, 5.41) is 0. The first-order chi connectivity index (χ1) is 8.57. The van der Waals surface area contributed by atoms with E-state index in [1.165, 1.54) is 0 Å². The second-order valence-corrected chi connectivity index (χ2v) is 6.59. The lowest BCUT2D eigenvalue weighted by molar-refractivity contribution is 0.0834. The van der Waals surface area contributed by atoms with Gasteiger partial charge in [0, 0.05) is 67.2 Å². The van der Waals surface area contributed by atoms with Crippen molar-refractivity contribution in [1.29, 1.82) is 0 Å². The Bertz CT molecular complexity index is 243. The summed E-state index contributed by atoms with van der Waals surface area (Å²) in [5.41, 5.74) is 0. The predicted molar refractivity (Wildman–Crippen MR) is 76.5 cm³/mol. The van der Waals surface area contributed by atoms with Crippen molar-refractivity contribution in [3.8, 4) is 0 Å². The van der Waals surface area contributed by atoms with Crippen molar-refractivity contribution in [3.05, 3.63) is 11.8 Å². The number of rotatable bonds is 8. The van der Waals surface area contributed by atoms with Gasteiger partial charge in [0.1, 0.15) is 0 Å². The summed E-state index contributed by atoms with van der Waals surface area (Å²) in [6, 6.07) is 0. The van der Waals surface area contributed by atoms with Gasteiger partial charge in [-0.2, -0.15) is 0 Å². The Morgan fingerprint density at radius 2 is 1.89 bits per heavy atom. The zero-order valence-electron chi connectivity index (χ0n) is 11.4. The van der Waals surface area contributed by atoms with Crippen LogP contribution in [0.2, 0.25) is 0 Å². The standard InChI is InChI=1S/C12H24N3O2S/c1-4-17-10-9-14-5-7-15(8-6-14)11-12(2,3)18-13-16/h1,4-11H2,2-3H3. The van der Waals surface area contributed by atoms with Crippen LogP contribution in [0.4, 0.5) is 0 Å². The molecule has 0 spiro atoms. The Morgan fingerprint density at radius 1 is 1.28 bits per heavy atom. The highest BCUT2D eigenvalue weighted by atomic mass is 32.2. The van der Waals surface area contributed by atoms with Crippen LogP contribution in [0, 0.1) is 11.8 Å². The molecule has 0 unspecified atom stereocenters. The fourth-order valence-electron chi connectivity index (χ4n) is 2.13. The lowest BCUT2D eigenvalue weighted by atomic mass is 10.1. The maximum atomic E-state index is 10.3. The highest BCUT2D eigenvalue weighted by molar-refractivity contribution is 7.99. The lowest BCUT2D eigenvalue weighted by Crippen LogP contribution is -2.50. The highest BCUT2D eigenvalue weighted by Gasteiger charge is 2.26. The third-order valence-corrected chi connectivity index (χ3v) is 3.75. The maximum absolute atomic E-state index is 10.3. The Morgan fingerprint density at radius 3 is 2.44 bits per heavy atom. The summed E-state index contributed by atoms with van der Waals surface area (Å²) in [6.45, 7) is 15.2. The van der Waals surface area contributed by atoms with Gasteiger partial charge in [0.2, 0.25) is 0 Å². The van der Waals surface area contributed by atoms with Gasteiger partial charge in [0.05, 0.1) is 6.61 Å². The Hall–Kier alpha value is -0.170. The molecule has 0 aromatic heterocycles. The zero-order chi connectivity index (χ0) is 13.4. The number of nitroso groups, excluding NO2 is 1. The van der Waals surface area contributed by atoms with Crippen molar-refractivity contribution >= 4 is 11.9 Å². The quantitative estimate of drug-likeness (QED) is 0.382. The van der Waals surface area contributed by atoms with Gasteiger partial charge in [0.25, 0.3) is 0 Å². The lowest BCUT2D eigenvalue weighted by Gasteiger charge is -2.37. The molecule has 0 saturated carbocycles. The van der Waals surface area contributed by atoms with Crippen LogP contribution in [0.25, 0.3) is 0 Å². The van der Waals surface area contributed by atoms with E-state index in [0.717, 1.165) is 57.8 Å². The van der Waals surface area contributed by atoms with Gasteiger partial charge in [-0.05, 0) is 20.8 Å². The van der Waals surface area contributed by atoms with Gasteiger partial charge in [0.15, 0.2) is 0 Å². The van der Waals surface area contributed by atoms with Crippen LogP contribution in [-0.2, 0) is 4.74 Å². The minimum Gasteiger partial charge on any atom is -0.380 e. The second-order valence-electron chi connectivity index (χ2n) is 5.16. The van der Waals surface area contributed by atoms with E-state index in [0.29, 0.717) is 6.61 Å². The Balaban J connectivity index is 2.20. The summed E-state index contributed by atoms with van der Waals surface area (Å²) in [6.07, 6.45) is 0. The summed E-state index contributed by atoms with van der Waals surface area (Å²) in [5.74, 6) is 0. The van der Waals surface area contributed by atoms with E-state index in [9.17, 15) is 4.91 Å². The molecule has 0 N–H and O–H groups in total. The molecule has 1 aliphatic rings. The molecule has 105 valence electrons. The zero-order valence-corrected chi connectivity index (χ0v) is 12.2. The number of piperazine rings is 1. The molecule has 0 aromatic carbocycles. The van der Waals surface area contributed by atoms with Gasteiger partial charge in [-0.25, -0.2) is 0 Å². The van der Waals surface area contributed by atoms with Crippen LogP contribution < -0.4 is 0 Å². The van der Waals surface area contributed by atoms with E-state index in [1.807, 2.05) is 0 Å². The van der Waals surface area contributed by atoms with E-state index in [4.69, 9.17) is 4.74 Å². The predicted octanol–water partition coefficient (Wildman–Crippen LogP) is 1.65. The molecular weight excluding hydrogens is 250 g/mol. The van der Waals surface area contributed by atoms with Gasteiger partial charge in [-0.3, -0.25) is 9.80 Å².